The highest BCUT2D eigenvalue weighted by atomic mass is 16.5. The van der Waals surface area contributed by atoms with Gasteiger partial charge in [-0.2, -0.15) is 0 Å². The average molecular weight is 337 g/mol. The van der Waals surface area contributed by atoms with Crippen molar-refractivity contribution in [3.63, 3.8) is 0 Å². The molecule has 0 saturated heterocycles. The number of anilines is 1. The first kappa shape index (κ1) is 16.0. The van der Waals surface area contributed by atoms with Crippen LogP contribution in [-0.2, 0) is 4.79 Å². The number of amides is 1. The first-order chi connectivity index (χ1) is 12.1. The summed E-state index contributed by atoms with van der Waals surface area (Å²) in [5.41, 5.74) is 8.12. The third-order valence-corrected chi connectivity index (χ3v) is 5.55. The molecule has 0 fully saturated rings. The van der Waals surface area contributed by atoms with Crippen molar-refractivity contribution in [2.45, 2.75) is 39.0 Å². The number of benzene rings is 1. The number of rotatable bonds is 3. The molecule has 1 aromatic carbocycles. The van der Waals surface area contributed by atoms with Gasteiger partial charge in [-0.1, -0.05) is 5.57 Å². The van der Waals surface area contributed by atoms with Gasteiger partial charge >= 0.3 is 0 Å². The van der Waals surface area contributed by atoms with E-state index in [1.165, 1.54) is 42.4 Å². The maximum absolute atomic E-state index is 12.5. The summed E-state index contributed by atoms with van der Waals surface area (Å²) in [5.74, 6) is 1.20. The Morgan fingerprint density at radius 2 is 1.80 bits per heavy atom. The van der Waals surface area contributed by atoms with Crippen LogP contribution in [0.4, 0.5) is 5.69 Å². The van der Waals surface area contributed by atoms with Crippen molar-refractivity contribution in [2.24, 2.45) is 0 Å². The first-order valence-corrected chi connectivity index (χ1v) is 8.83. The smallest absolute Gasteiger partial charge is 0.256 e. The Morgan fingerprint density at radius 1 is 1.08 bits per heavy atom. The summed E-state index contributed by atoms with van der Waals surface area (Å²) < 4.78 is 10.7. The van der Waals surface area contributed by atoms with E-state index < -0.39 is 0 Å². The summed E-state index contributed by atoms with van der Waals surface area (Å²) in [6, 6.07) is 3.71. The van der Waals surface area contributed by atoms with Crippen LogP contribution in [-0.4, -0.2) is 20.1 Å². The Bertz CT molecular complexity index is 858. The molecule has 0 saturated carbocycles. The molecule has 1 amide bonds. The van der Waals surface area contributed by atoms with Crippen LogP contribution in [0.25, 0.3) is 5.57 Å². The molecule has 0 bridgehead atoms. The molecule has 0 spiro atoms. The number of fused-ring (bicyclic) bond motifs is 1. The molecule has 25 heavy (non-hydrogen) atoms. The number of allylic oxidation sites excluding steroid dienone is 5. The Kier molecular flexibility index (Phi) is 3.91. The van der Waals surface area contributed by atoms with Crippen molar-refractivity contribution in [1.82, 2.24) is 0 Å². The van der Waals surface area contributed by atoms with E-state index in [4.69, 9.17) is 9.47 Å². The van der Waals surface area contributed by atoms with Crippen molar-refractivity contribution in [3.8, 4) is 11.5 Å². The highest BCUT2D eigenvalue weighted by molar-refractivity contribution is 6.32. The summed E-state index contributed by atoms with van der Waals surface area (Å²) in [7, 11) is 3.21. The van der Waals surface area contributed by atoms with E-state index >= 15 is 0 Å². The van der Waals surface area contributed by atoms with E-state index in [1.807, 2.05) is 12.1 Å². The van der Waals surface area contributed by atoms with Gasteiger partial charge in [0.05, 0.1) is 19.9 Å². The minimum absolute atomic E-state index is 0.0597. The molecule has 0 unspecified atom stereocenters. The standard InChI is InChI=1S/C21H23NO3/c1-12-14(8-13-6-4-5-7-15(12)13)9-17-16-10-19(24-2)20(25-3)11-18(16)22-21(17)23/h9-11H,4-8H2,1-3H3,(H,22,23). The highest BCUT2D eigenvalue weighted by Crippen LogP contribution is 2.44. The van der Waals surface area contributed by atoms with Gasteiger partial charge < -0.3 is 14.8 Å². The van der Waals surface area contributed by atoms with Gasteiger partial charge in [0.2, 0.25) is 0 Å². The minimum Gasteiger partial charge on any atom is -0.493 e. The van der Waals surface area contributed by atoms with Crippen LogP contribution in [0.5, 0.6) is 11.5 Å². The first-order valence-electron chi connectivity index (χ1n) is 8.83. The minimum atomic E-state index is -0.0597. The summed E-state index contributed by atoms with van der Waals surface area (Å²) in [4.78, 5) is 12.5. The number of hydrogen-bond donors (Lipinski definition) is 1. The van der Waals surface area contributed by atoms with Crippen LogP contribution in [0.1, 0.15) is 44.6 Å². The van der Waals surface area contributed by atoms with Gasteiger partial charge in [0, 0.05) is 17.2 Å². The molecule has 4 nitrogen and oxygen atoms in total. The normalized spacial score (nSPS) is 20.8. The predicted octanol–water partition coefficient (Wildman–Crippen LogP) is 4.63. The fourth-order valence-corrected chi connectivity index (χ4v) is 4.17. The lowest BCUT2D eigenvalue weighted by atomic mass is 9.91. The van der Waals surface area contributed by atoms with Crippen molar-refractivity contribution >= 4 is 17.2 Å². The van der Waals surface area contributed by atoms with Crippen LogP contribution >= 0.6 is 0 Å². The molecule has 3 aliphatic rings. The summed E-state index contributed by atoms with van der Waals surface area (Å²) >= 11 is 0. The third kappa shape index (κ3) is 2.56. The largest absolute Gasteiger partial charge is 0.493 e. The number of nitrogens with one attached hydrogen (secondary N) is 1. The SMILES string of the molecule is COc1cc2c(cc1OC)C(=CC1=C(C)C3=C(CCCC3)C1)C(=O)N2. The fraction of sp³-hybridized carbons (Fsp3) is 0.381. The van der Waals surface area contributed by atoms with Gasteiger partial charge in [-0.15, -0.1) is 0 Å². The number of carbonyl (C=O) groups excluding carboxylic acids is 1. The number of ether oxygens (including phenoxy) is 2. The van der Waals surface area contributed by atoms with Crippen molar-refractivity contribution in [3.05, 3.63) is 46.1 Å². The van der Waals surface area contributed by atoms with Gasteiger partial charge in [0.25, 0.3) is 5.91 Å². The van der Waals surface area contributed by atoms with Crippen molar-refractivity contribution in [1.29, 1.82) is 0 Å². The monoisotopic (exact) mass is 337 g/mol. The molecule has 1 aromatic rings. The summed E-state index contributed by atoms with van der Waals surface area (Å²) in [5, 5.41) is 2.95. The van der Waals surface area contributed by atoms with Gasteiger partial charge in [0.15, 0.2) is 11.5 Å². The molecule has 2 aliphatic carbocycles. The van der Waals surface area contributed by atoms with E-state index in [0.29, 0.717) is 17.1 Å². The highest BCUT2D eigenvalue weighted by Gasteiger charge is 2.29. The molecule has 1 N–H and O–H groups in total. The van der Waals surface area contributed by atoms with Crippen LogP contribution in [0.15, 0.2) is 40.5 Å². The predicted molar refractivity (Wildman–Crippen MR) is 99.0 cm³/mol. The second-order valence-electron chi connectivity index (χ2n) is 6.88. The van der Waals surface area contributed by atoms with Crippen molar-refractivity contribution in [2.75, 3.05) is 19.5 Å². The molecular weight excluding hydrogens is 314 g/mol. The number of hydrogen-bond acceptors (Lipinski definition) is 3. The molecule has 0 atom stereocenters. The summed E-state index contributed by atoms with van der Waals surface area (Å²) in [6.07, 6.45) is 8.01. The summed E-state index contributed by atoms with van der Waals surface area (Å²) in [6.45, 7) is 2.20. The van der Waals surface area contributed by atoms with Crippen LogP contribution in [0.3, 0.4) is 0 Å². The van der Waals surface area contributed by atoms with Crippen LogP contribution in [0.2, 0.25) is 0 Å². The molecular formula is C21H23NO3. The zero-order valence-corrected chi connectivity index (χ0v) is 15.0. The van der Waals surface area contributed by atoms with Gasteiger partial charge in [0.1, 0.15) is 0 Å². The van der Waals surface area contributed by atoms with E-state index in [9.17, 15) is 4.79 Å². The Hall–Kier alpha value is -2.49. The third-order valence-electron chi connectivity index (χ3n) is 5.55. The number of methoxy groups -OCH3 is 2. The second kappa shape index (κ2) is 6.10. The van der Waals surface area contributed by atoms with Gasteiger partial charge in [-0.3, -0.25) is 4.79 Å². The molecule has 4 heteroatoms. The van der Waals surface area contributed by atoms with E-state index in [1.54, 1.807) is 19.8 Å². The van der Waals surface area contributed by atoms with Crippen LogP contribution in [0, 0.1) is 0 Å². The Balaban J connectivity index is 1.75. The molecule has 130 valence electrons. The molecule has 1 aliphatic heterocycles. The quantitative estimate of drug-likeness (QED) is 0.818. The lowest BCUT2D eigenvalue weighted by molar-refractivity contribution is -0.110. The Morgan fingerprint density at radius 3 is 2.52 bits per heavy atom. The van der Waals surface area contributed by atoms with Gasteiger partial charge in [-0.05, 0) is 67.9 Å². The Labute approximate surface area is 148 Å². The van der Waals surface area contributed by atoms with E-state index in [-0.39, 0.29) is 5.91 Å². The van der Waals surface area contributed by atoms with Gasteiger partial charge in [-0.25, -0.2) is 0 Å². The average Bonchev–Trinajstić information content (AvgIpc) is 3.11. The second-order valence-corrected chi connectivity index (χ2v) is 6.88. The zero-order valence-electron chi connectivity index (χ0n) is 15.0. The number of carbonyl (C=O) groups is 1. The fourth-order valence-electron chi connectivity index (χ4n) is 4.17. The van der Waals surface area contributed by atoms with Crippen LogP contribution < -0.4 is 14.8 Å². The maximum Gasteiger partial charge on any atom is 0.256 e. The topological polar surface area (TPSA) is 47.6 Å². The maximum atomic E-state index is 12.5. The lowest BCUT2D eigenvalue weighted by Crippen LogP contribution is -2.04. The lowest BCUT2D eigenvalue weighted by Gasteiger charge is -2.14. The van der Waals surface area contributed by atoms with Crippen molar-refractivity contribution < 1.29 is 14.3 Å². The van der Waals surface area contributed by atoms with E-state index in [2.05, 4.69) is 18.3 Å². The molecule has 4 rings (SSSR count). The zero-order chi connectivity index (χ0) is 17.6. The molecule has 0 aromatic heterocycles. The molecule has 0 radical (unpaired) electrons. The van der Waals surface area contributed by atoms with E-state index in [0.717, 1.165) is 17.7 Å². The molecule has 1 heterocycles.